The third-order valence-electron chi connectivity index (χ3n) is 6.67. The fourth-order valence-corrected chi connectivity index (χ4v) is 6.02. The summed E-state index contributed by atoms with van der Waals surface area (Å²) in [5.41, 5.74) is -1.50. The third kappa shape index (κ3) is 8.09. The number of benzene rings is 1. The molecule has 0 fully saturated rings. The number of nitriles is 1. The number of nitrogens with zero attached hydrogens (tertiary/aromatic N) is 1. The molecule has 0 aliphatic rings. The van der Waals surface area contributed by atoms with Crippen molar-refractivity contribution < 1.29 is 114 Å². The van der Waals surface area contributed by atoms with Gasteiger partial charge in [-0.05, 0) is 5.56 Å². The summed E-state index contributed by atoms with van der Waals surface area (Å²) in [6.07, 6.45) is -21.4. The minimum absolute atomic E-state index is 0.467. The Labute approximate surface area is 291 Å². The highest BCUT2D eigenvalue weighted by Gasteiger charge is 2.92. The quantitative estimate of drug-likeness (QED) is 0.115. The van der Waals surface area contributed by atoms with E-state index in [0.29, 0.717) is 0 Å². The topological polar surface area (TPSA) is 23.8 Å². The number of hydrogen-bond donors (Lipinski definition) is 0. The lowest BCUT2D eigenvalue weighted by Gasteiger charge is -2.39. The molecule has 0 amide bonds. The molecule has 54 heavy (non-hydrogen) atoms. The van der Waals surface area contributed by atoms with E-state index in [-0.39, 0.29) is 0 Å². The van der Waals surface area contributed by atoms with Gasteiger partial charge in [0.1, 0.15) is 6.07 Å². The van der Waals surface area contributed by atoms with Crippen LogP contribution in [-0.4, -0.2) is 83.1 Å². The van der Waals surface area contributed by atoms with E-state index in [1.165, 1.54) is 12.1 Å². The summed E-state index contributed by atoms with van der Waals surface area (Å²) in [6.45, 7) is 0. The highest BCUT2D eigenvalue weighted by molar-refractivity contribution is 8.22. The van der Waals surface area contributed by atoms with E-state index in [9.17, 15) is 119 Å². The molecule has 0 saturated carbocycles. The van der Waals surface area contributed by atoms with Crippen LogP contribution in [0.3, 0.4) is 0 Å². The van der Waals surface area contributed by atoms with Crippen LogP contribution in [0.15, 0.2) is 34.6 Å². The van der Waals surface area contributed by atoms with Crippen LogP contribution in [0, 0.1) is 11.3 Å². The van der Waals surface area contributed by atoms with E-state index in [4.69, 9.17) is 0 Å². The van der Waals surface area contributed by atoms with Crippen molar-refractivity contribution in [3.05, 3.63) is 40.1 Å². The molecule has 0 heterocycles. The number of hydrogen-bond acceptors (Lipinski definition) is 3. The molecule has 0 atom stereocenters. The van der Waals surface area contributed by atoms with Gasteiger partial charge in [-0.1, -0.05) is 30.3 Å². The van der Waals surface area contributed by atoms with Crippen LogP contribution in [0.1, 0.15) is 18.4 Å². The molecule has 0 unspecified atom stereocenters. The monoisotopic (exact) mass is 885 g/mol. The molecule has 1 nitrogen and oxygen atoms in total. The van der Waals surface area contributed by atoms with Crippen molar-refractivity contribution in [1.82, 2.24) is 0 Å². The molecule has 1 aromatic rings. The van der Waals surface area contributed by atoms with Gasteiger partial charge >= 0.3 is 71.6 Å². The summed E-state index contributed by atoms with van der Waals surface area (Å²) < 4.78 is 347. The molecule has 1 rings (SSSR count). The van der Waals surface area contributed by atoms with E-state index in [0.717, 1.165) is 24.3 Å². The SMILES string of the molecule is N#CC(=C(SCCC(F)(F)C(F)(F)C(F)(F)C(F)(F)C(F)(F)C(F)(F)F)SCCC(F)(F)C(F)(F)C(F)(F)C(F)(F)C(F)(F)C(F)(F)F)c1ccccc1. The molecule has 0 N–H and O–H groups in total. The van der Waals surface area contributed by atoms with E-state index in [1.54, 1.807) is 0 Å². The standard InChI is InChI=1S/C25H13F26NS2/c26-14(27,16(30,31)18(34,35)20(38,39)22(42,43)24(46,47)48)6-8-53-13(12(10-52)11-4-2-1-3-5-11)54-9-7-15(28,29)17(32,33)19(36,37)21(40,41)23(44,45)25(49,50)51/h1-5H,6-9H2. The average molecular weight is 885 g/mol. The lowest BCUT2D eigenvalue weighted by atomic mass is 9.93. The van der Waals surface area contributed by atoms with Gasteiger partial charge in [0.05, 0.1) is 9.81 Å². The molecule has 312 valence electrons. The van der Waals surface area contributed by atoms with Crippen molar-refractivity contribution in [2.24, 2.45) is 0 Å². The Balaban J connectivity index is 3.51. The van der Waals surface area contributed by atoms with Gasteiger partial charge in [-0.15, -0.1) is 23.5 Å². The average Bonchev–Trinajstić information content (AvgIpc) is 2.99. The van der Waals surface area contributed by atoms with Crippen LogP contribution in [0.4, 0.5) is 114 Å². The molecule has 0 saturated heterocycles. The Bertz CT molecular complexity index is 1440. The second kappa shape index (κ2) is 15.0. The van der Waals surface area contributed by atoms with Gasteiger partial charge in [0.25, 0.3) is 0 Å². The van der Waals surface area contributed by atoms with Crippen molar-refractivity contribution in [2.45, 2.75) is 84.4 Å². The van der Waals surface area contributed by atoms with Crippen LogP contribution in [-0.2, 0) is 0 Å². The highest BCUT2D eigenvalue weighted by Crippen LogP contribution is 2.62. The fourth-order valence-electron chi connectivity index (χ4n) is 3.48. The predicted molar refractivity (Wildman–Crippen MR) is 135 cm³/mol. The Morgan fingerprint density at radius 1 is 0.426 bits per heavy atom. The molecular formula is C25H13F26NS2. The second-order valence-electron chi connectivity index (χ2n) is 10.3. The smallest absolute Gasteiger partial charge is 0.200 e. The largest absolute Gasteiger partial charge is 0.460 e. The van der Waals surface area contributed by atoms with Gasteiger partial charge in [-0.25, -0.2) is 0 Å². The minimum atomic E-state index is -8.28. The number of rotatable bonds is 17. The summed E-state index contributed by atoms with van der Waals surface area (Å²) >= 11 is -1.17. The maximum Gasteiger partial charge on any atom is 0.460 e. The Hall–Kier alpha value is -2.67. The zero-order valence-electron chi connectivity index (χ0n) is 24.8. The first-order chi connectivity index (χ1) is 23.6. The van der Waals surface area contributed by atoms with Crippen molar-refractivity contribution in [2.75, 3.05) is 11.5 Å². The number of alkyl halides is 26. The van der Waals surface area contributed by atoms with Gasteiger partial charge < -0.3 is 0 Å². The summed E-state index contributed by atoms with van der Waals surface area (Å²) in [5.74, 6) is -82.1. The molecule has 29 heteroatoms. The maximum atomic E-state index is 14.2. The van der Waals surface area contributed by atoms with E-state index >= 15 is 0 Å². The normalized spacial score (nSPS) is 15.3. The molecule has 0 aliphatic carbocycles. The van der Waals surface area contributed by atoms with Gasteiger partial charge in [0, 0.05) is 24.3 Å². The zero-order chi connectivity index (χ0) is 43.2. The number of thioether (sulfide) groups is 2. The molecule has 0 aromatic heterocycles. The predicted octanol–water partition coefficient (Wildman–Crippen LogP) is 12.6. The Kier molecular flexibility index (Phi) is 13.7. The third-order valence-corrected chi connectivity index (χ3v) is 9.13. The van der Waals surface area contributed by atoms with Crippen LogP contribution in [0.25, 0.3) is 5.57 Å². The lowest BCUT2D eigenvalue weighted by molar-refractivity contribution is -0.439. The lowest BCUT2D eigenvalue weighted by Crippen LogP contribution is -2.70. The summed E-state index contributed by atoms with van der Waals surface area (Å²) in [4.78, 5) is 0. The van der Waals surface area contributed by atoms with Gasteiger partial charge in [0.15, 0.2) is 0 Å². The second-order valence-corrected chi connectivity index (χ2v) is 12.8. The van der Waals surface area contributed by atoms with Crippen molar-refractivity contribution in [3.63, 3.8) is 0 Å². The first-order valence-electron chi connectivity index (χ1n) is 13.0. The zero-order valence-corrected chi connectivity index (χ0v) is 26.4. The first kappa shape index (κ1) is 49.3. The summed E-state index contributed by atoms with van der Waals surface area (Å²) in [7, 11) is 0. The highest BCUT2D eigenvalue weighted by atomic mass is 32.2. The van der Waals surface area contributed by atoms with Gasteiger partial charge in [0.2, 0.25) is 0 Å². The molecule has 0 aliphatic heterocycles. The fraction of sp³-hybridized carbons (Fsp3) is 0.640. The van der Waals surface area contributed by atoms with Crippen LogP contribution < -0.4 is 0 Å². The maximum absolute atomic E-state index is 14.2. The summed E-state index contributed by atoms with van der Waals surface area (Å²) in [5, 5.41) is 9.44. The van der Waals surface area contributed by atoms with E-state index in [1.807, 2.05) is 0 Å². The van der Waals surface area contributed by atoms with Crippen LogP contribution >= 0.6 is 23.5 Å². The molecule has 1 aromatic carbocycles. The number of halogens is 26. The van der Waals surface area contributed by atoms with Crippen LogP contribution in [0.5, 0.6) is 0 Å². The van der Waals surface area contributed by atoms with E-state index < -0.39 is 135 Å². The Morgan fingerprint density at radius 2 is 0.704 bits per heavy atom. The first-order valence-corrected chi connectivity index (χ1v) is 15.0. The summed E-state index contributed by atoms with van der Waals surface area (Å²) in [6, 6.07) is 6.14. The Morgan fingerprint density at radius 3 is 0.963 bits per heavy atom. The van der Waals surface area contributed by atoms with Crippen LogP contribution in [0.2, 0.25) is 0 Å². The van der Waals surface area contributed by atoms with Gasteiger partial charge in [-0.3, -0.25) is 0 Å². The number of allylic oxidation sites excluding steroid dienone is 1. The molecule has 0 bridgehead atoms. The molecule has 0 spiro atoms. The van der Waals surface area contributed by atoms with E-state index in [2.05, 4.69) is 0 Å². The van der Waals surface area contributed by atoms with Gasteiger partial charge in [-0.2, -0.15) is 119 Å². The molecular weight excluding hydrogens is 872 g/mol. The minimum Gasteiger partial charge on any atom is -0.200 e. The van der Waals surface area contributed by atoms with Crippen molar-refractivity contribution in [1.29, 1.82) is 5.26 Å². The van der Waals surface area contributed by atoms with Crippen molar-refractivity contribution >= 4 is 29.1 Å². The van der Waals surface area contributed by atoms with Crippen molar-refractivity contribution in [3.8, 4) is 6.07 Å². The molecule has 0 radical (unpaired) electrons.